The maximum atomic E-state index is 12.4. The molecule has 1 aromatic rings. The number of allylic oxidation sites excluding steroid dienone is 1. The molecule has 1 N–H and O–H groups in total. The molecule has 0 heterocycles. The lowest BCUT2D eigenvalue weighted by Crippen LogP contribution is -2.37. The molecule has 0 aromatic heterocycles. The number of aliphatic hydroxyl groups is 1. The summed E-state index contributed by atoms with van der Waals surface area (Å²) in [5.74, 6) is 0.952. The molecule has 2 unspecified atom stereocenters. The summed E-state index contributed by atoms with van der Waals surface area (Å²) in [6.07, 6.45) is 5.46. The molecule has 126 valence electrons. The van der Waals surface area contributed by atoms with E-state index >= 15 is 0 Å². The van der Waals surface area contributed by atoms with Crippen molar-refractivity contribution in [2.24, 2.45) is 5.92 Å². The number of carbonyl (C=O) groups is 1. The number of carbonyl (C=O) groups excluding carboxylic acids is 1. The summed E-state index contributed by atoms with van der Waals surface area (Å²) in [6, 6.07) is 7.68. The standard InChI is InChI=1S/C19H27NO3/c1-14(15-8-6-9-17(12-15)23-3)11-19(22)20(2)13-16-7-4-5-10-18(16)21/h6,8-9,11-12,16,18,21H,4-5,7,10,13H2,1-3H3/b14-11+. The minimum atomic E-state index is -0.275. The summed E-state index contributed by atoms with van der Waals surface area (Å²) in [6.45, 7) is 2.54. The van der Waals surface area contributed by atoms with Gasteiger partial charge < -0.3 is 14.7 Å². The average Bonchev–Trinajstić information content (AvgIpc) is 2.56. The van der Waals surface area contributed by atoms with Gasteiger partial charge in [-0.3, -0.25) is 4.79 Å². The lowest BCUT2D eigenvalue weighted by atomic mass is 9.86. The van der Waals surface area contributed by atoms with Crippen molar-refractivity contribution < 1.29 is 14.6 Å². The van der Waals surface area contributed by atoms with E-state index < -0.39 is 0 Å². The molecule has 1 amide bonds. The SMILES string of the molecule is COc1cccc(/C(C)=C/C(=O)N(C)CC2CCCCC2O)c1. The van der Waals surface area contributed by atoms with Crippen LogP contribution in [-0.2, 0) is 4.79 Å². The lowest BCUT2D eigenvalue weighted by Gasteiger charge is -2.30. The number of rotatable bonds is 5. The predicted octanol–water partition coefficient (Wildman–Crippen LogP) is 3.11. The second-order valence-electron chi connectivity index (χ2n) is 6.39. The van der Waals surface area contributed by atoms with Crippen molar-refractivity contribution in [3.05, 3.63) is 35.9 Å². The van der Waals surface area contributed by atoms with Gasteiger partial charge in [0.2, 0.25) is 5.91 Å². The van der Waals surface area contributed by atoms with Crippen LogP contribution in [0.4, 0.5) is 0 Å². The molecule has 4 heteroatoms. The van der Waals surface area contributed by atoms with Gasteiger partial charge in [-0.05, 0) is 43.0 Å². The zero-order chi connectivity index (χ0) is 16.8. The third-order valence-corrected chi connectivity index (χ3v) is 4.62. The van der Waals surface area contributed by atoms with Crippen molar-refractivity contribution in [3.63, 3.8) is 0 Å². The Bertz CT molecular complexity index is 567. The zero-order valence-corrected chi connectivity index (χ0v) is 14.3. The van der Waals surface area contributed by atoms with Crippen LogP contribution in [0.25, 0.3) is 5.57 Å². The van der Waals surface area contributed by atoms with Gasteiger partial charge in [-0.15, -0.1) is 0 Å². The van der Waals surface area contributed by atoms with E-state index in [0.717, 1.165) is 42.6 Å². The molecule has 0 radical (unpaired) electrons. The maximum Gasteiger partial charge on any atom is 0.246 e. The molecular formula is C19H27NO3. The third kappa shape index (κ3) is 4.83. The fraction of sp³-hybridized carbons (Fsp3) is 0.526. The van der Waals surface area contributed by atoms with Crippen molar-refractivity contribution in [1.82, 2.24) is 4.90 Å². The topological polar surface area (TPSA) is 49.8 Å². The molecule has 1 aliphatic carbocycles. The van der Waals surface area contributed by atoms with E-state index in [-0.39, 0.29) is 17.9 Å². The van der Waals surface area contributed by atoms with Gasteiger partial charge in [-0.2, -0.15) is 0 Å². The van der Waals surface area contributed by atoms with Crippen molar-refractivity contribution in [3.8, 4) is 5.75 Å². The van der Waals surface area contributed by atoms with Crippen molar-refractivity contribution in [2.45, 2.75) is 38.7 Å². The van der Waals surface area contributed by atoms with Gasteiger partial charge in [-0.25, -0.2) is 0 Å². The van der Waals surface area contributed by atoms with Crippen LogP contribution in [0.5, 0.6) is 5.75 Å². The molecule has 1 saturated carbocycles. The van der Waals surface area contributed by atoms with Gasteiger partial charge in [-0.1, -0.05) is 25.0 Å². The van der Waals surface area contributed by atoms with Gasteiger partial charge >= 0.3 is 0 Å². The van der Waals surface area contributed by atoms with E-state index in [1.807, 2.05) is 31.2 Å². The third-order valence-electron chi connectivity index (χ3n) is 4.62. The first-order valence-corrected chi connectivity index (χ1v) is 8.27. The molecule has 4 nitrogen and oxygen atoms in total. The van der Waals surface area contributed by atoms with Crippen molar-refractivity contribution in [1.29, 1.82) is 0 Å². The molecule has 0 spiro atoms. The molecule has 1 aromatic carbocycles. The Balaban J connectivity index is 2.00. The summed E-state index contributed by atoms with van der Waals surface area (Å²) >= 11 is 0. The number of methoxy groups -OCH3 is 1. The first-order chi connectivity index (χ1) is 11.0. The number of ether oxygens (including phenoxy) is 1. The van der Waals surface area contributed by atoms with Gasteiger partial charge in [0.05, 0.1) is 13.2 Å². The van der Waals surface area contributed by atoms with E-state index in [1.54, 1.807) is 25.1 Å². The van der Waals surface area contributed by atoms with Crippen LogP contribution in [-0.4, -0.2) is 42.7 Å². The molecule has 1 aliphatic rings. The van der Waals surface area contributed by atoms with Crippen LogP contribution in [0.2, 0.25) is 0 Å². The van der Waals surface area contributed by atoms with E-state index in [1.165, 1.54) is 0 Å². The number of aliphatic hydroxyl groups excluding tert-OH is 1. The number of hydrogen-bond donors (Lipinski definition) is 1. The number of likely N-dealkylation sites (N-methyl/N-ethyl adjacent to an activating group) is 1. The van der Waals surface area contributed by atoms with E-state index in [4.69, 9.17) is 4.74 Å². The van der Waals surface area contributed by atoms with Crippen LogP contribution in [0, 0.1) is 5.92 Å². The second kappa shape index (κ2) is 8.16. The Kier molecular flexibility index (Phi) is 6.22. The van der Waals surface area contributed by atoms with Crippen molar-refractivity contribution >= 4 is 11.5 Å². The number of benzene rings is 1. The van der Waals surface area contributed by atoms with Gasteiger partial charge in [0.1, 0.15) is 5.75 Å². The van der Waals surface area contributed by atoms with Crippen LogP contribution in [0.1, 0.15) is 38.2 Å². The van der Waals surface area contributed by atoms with E-state index in [2.05, 4.69) is 0 Å². The molecule has 0 saturated heterocycles. The lowest BCUT2D eigenvalue weighted by molar-refractivity contribution is -0.126. The largest absolute Gasteiger partial charge is 0.497 e. The number of amides is 1. The highest BCUT2D eigenvalue weighted by atomic mass is 16.5. The molecular weight excluding hydrogens is 290 g/mol. The summed E-state index contributed by atoms with van der Waals surface area (Å²) < 4.78 is 5.22. The number of nitrogens with zero attached hydrogens (tertiary/aromatic N) is 1. The molecule has 2 rings (SSSR count). The molecule has 2 atom stereocenters. The Morgan fingerprint density at radius 2 is 2.13 bits per heavy atom. The Labute approximate surface area is 138 Å². The summed E-state index contributed by atoms with van der Waals surface area (Å²) in [5.41, 5.74) is 1.88. The minimum Gasteiger partial charge on any atom is -0.497 e. The van der Waals surface area contributed by atoms with E-state index in [9.17, 15) is 9.90 Å². The first-order valence-electron chi connectivity index (χ1n) is 8.27. The summed E-state index contributed by atoms with van der Waals surface area (Å²) in [7, 11) is 3.44. The fourth-order valence-electron chi connectivity index (χ4n) is 3.09. The highest BCUT2D eigenvalue weighted by Crippen LogP contribution is 2.25. The summed E-state index contributed by atoms with van der Waals surface area (Å²) in [5, 5.41) is 10.0. The highest BCUT2D eigenvalue weighted by Gasteiger charge is 2.25. The van der Waals surface area contributed by atoms with Crippen LogP contribution in [0.15, 0.2) is 30.3 Å². The average molecular weight is 317 g/mol. The molecule has 23 heavy (non-hydrogen) atoms. The normalized spacial score (nSPS) is 21.8. The summed E-state index contributed by atoms with van der Waals surface area (Å²) in [4.78, 5) is 14.1. The molecule has 0 aliphatic heterocycles. The molecule has 1 fully saturated rings. The quantitative estimate of drug-likeness (QED) is 0.849. The van der Waals surface area contributed by atoms with Crippen LogP contribution >= 0.6 is 0 Å². The second-order valence-corrected chi connectivity index (χ2v) is 6.39. The first kappa shape index (κ1) is 17.5. The monoisotopic (exact) mass is 317 g/mol. The van der Waals surface area contributed by atoms with Gasteiger partial charge in [0.25, 0.3) is 0 Å². The zero-order valence-electron chi connectivity index (χ0n) is 14.3. The smallest absolute Gasteiger partial charge is 0.246 e. The van der Waals surface area contributed by atoms with E-state index in [0.29, 0.717) is 6.54 Å². The minimum absolute atomic E-state index is 0.0249. The Morgan fingerprint density at radius 3 is 2.83 bits per heavy atom. The predicted molar refractivity (Wildman–Crippen MR) is 92.2 cm³/mol. The maximum absolute atomic E-state index is 12.4. The van der Waals surface area contributed by atoms with Gasteiger partial charge in [0, 0.05) is 25.6 Å². The van der Waals surface area contributed by atoms with Crippen LogP contribution < -0.4 is 4.74 Å². The van der Waals surface area contributed by atoms with Crippen LogP contribution in [0.3, 0.4) is 0 Å². The Morgan fingerprint density at radius 1 is 1.39 bits per heavy atom. The molecule has 0 bridgehead atoms. The van der Waals surface area contributed by atoms with Gasteiger partial charge in [0.15, 0.2) is 0 Å². The van der Waals surface area contributed by atoms with Crippen molar-refractivity contribution in [2.75, 3.05) is 20.7 Å². The Hall–Kier alpha value is -1.81. The fourth-order valence-corrected chi connectivity index (χ4v) is 3.09. The highest BCUT2D eigenvalue weighted by molar-refractivity contribution is 5.94. The number of hydrogen-bond acceptors (Lipinski definition) is 3.